The first-order chi connectivity index (χ1) is 17.0. The second kappa shape index (κ2) is 11.5. The predicted octanol–water partition coefficient (Wildman–Crippen LogP) is 2.68. The van der Waals surface area contributed by atoms with Crippen LogP contribution in [0.5, 0.6) is 0 Å². The van der Waals surface area contributed by atoms with Crippen molar-refractivity contribution in [3.63, 3.8) is 0 Å². The third-order valence-electron chi connectivity index (χ3n) is 7.29. The lowest BCUT2D eigenvalue weighted by Gasteiger charge is -2.35. The van der Waals surface area contributed by atoms with Crippen molar-refractivity contribution in [3.05, 3.63) is 36.7 Å². The number of likely N-dealkylation sites (N-methyl/N-ethyl adjacent to an activating group) is 1. The summed E-state index contributed by atoms with van der Waals surface area (Å²) in [6.45, 7) is 2.29. The van der Waals surface area contributed by atoms with E-state index in [0.29, 0.717) is 24.5 Å². The number of rotatable bonds is 8. The molecule has 0 radical (unpaired) electrons. The Bertz CT molecular complexity index is 1020. The van der Waals surface area contributed by atoms with E-state index >= 15 is 0 Å². The van der Waals surface area contributed by atoms with E-state index in [1.165, 1.54) is 0 Å². The zero-order valence-corrected chi connectivity index (χ0v) is 20.5. The molecule has 1 aliphatic heterocycles. The molecule has 2 aromatic rings. The summed E-state index contributed by atoms with van der Waals surface area (Å²) in [5, 5.41) is 8.98. The Morgan fingerprint density at radius 1 is 1.09 bits per heavy atom. The molecule has 0 spiro atoms. The third-order valence-corrected chi connectivity index (χ3v) is 7.29. The number of nitrogens with one attached hydrogen (secondary N) is 4. The minimum Gasteiger partial charge on any atom is -0.345 e. The van der Waals surface area contributed by atoms with Gasteiger partial charge < -0.3 is 25.8 Å². The predicted molar refractivity (Wildman–Crippen MR) is 134 cm³/mol. The van der Waals surface area contributed by atoms with Gasteiger partial charge in [-0.15, -0.1) is 0 Å². The van der Waals surface area contributed by atoms with Crippen molar-refractivity contribution in [1.29, 1.82) is 0 Å². The number of aromatic amines is 1. The van der Waals surface area contributed by atoms with Crippen LogP contribution in [0.4, 0.5) is 5.69 Å². The number of carbonyl (C=O) groups is 3. The Kier molecular flexibility index (Phi) is 8.17. The van der Waals surface area contributed by atoms with Crippen molar-refractivity contribution >= 4 is 23.4 Å². The summed E-state index contributed by atoms with van der Waals surface area (Å²) in [6, 6.07) is 5.90. The number of likely N-dealkylation sites (tertiary alicyclic amines) is 1. The quantitative estimate of drug-likeness (QED) is 0.463. The molecule has 3 amide bonds. The van der Waals surface area contributed by atoms with Gasteiger partial charge in [-0.25, -0.2) is 4.98 Å². The van der Waals surface area contributed by atoms with Crippen LogP contribution in [0.3, 0.4) is 0 Å². The molecule has 1 saturated carbocycles. The highest BCUT2D eigenvalue weighted by atomic mass is 16.2. The lowest BCUT2D eigenvalue weighted by molar-refractivity contribution is -0.142. The highest BCUT2D eigenvalue weighted by Crippen LogP contribution is 2.30. The first-order valence-corrected chi connectivity index (χ1v) is 12.7. The van der Waals surface area contributed by atoms with Crippen LogP contribution in [-0.2, 0) is 14.4 Å². The standard InChI is InChI=1S/C26H36N6O3/c1-17(27-2)24(33)31-22(18-9-4-3-5-10-18)26(35)32-16-8-13-21(32)25(34)30-20-12-7-6-11-19(20)23-28-14-15-29-23/h6-7,11-12,14-15,17-18,21-22,27H,3-5,8-10,13,16H2,1-2H3,(H,28,29)(H,30,34)(H,31,33)/t17-,21-,22-/m0/s1. The Morgan fingerprint density at radius 3 is 2.57 bits per heavy atom. The molecule has 2 heterocycles. The van der Waals surface area contributed by atoms with Gasteiger partial charge in [0, 0.05) is 24.5 Å². The molecule has 4 rings (SSSR count). The van der Waals surface area contributed by atoms with Crippen molar-refractivity contribution in [2.24, 2.45) is 5.92 Å². The lowest BCUT2D eigenvalue weighted by atomic mass is 9.83. The summed E-state index contributed by atoms with van der Waals surface area (Å²) in [7, 11) is 1.73. The fourth-order valence-corrected chi connectivity index (χ4v) is 5.17. The number of aromatic nitrogens is 2. The zero-order chi connectivity index (χ0) is 24.8. The second-order valence-electron chi connectivity index (χ2n) is 9.56. The number of imidazole rings is 1. The number of H-pyrrole nitrogens is 1. The van der Waals surface area contributed by atoms with E-state index in [1.807, 2.05) is 24.3 Å². The van der Waals surface area contributed by atoms with Gasteiger partial charge in [-0.1, -0.05) is 31.4 Å². The molecule has 9 nitrogen and oxygen atoms in total. The fourth-order valence-electron chi connectivity index (χ4n) is 5.17. The number of carbonyl (C=O) groups excluding carboxylic acids is 3. The van der Waals surface area contributed by atoms with Crippen LogP contribution < -0.4 is 16.0 Å². The van der Waals surface area contributed by atoms with Crippen LogP contribution in [0.2, 0.25) is 0 Å². The average Bonchev–Trinajstić information content (AvgIpc) is 3.60. The molecule has 1 saturated heterocycles. The molecule has 3 atom stereocenters. The van der Waals surface area contributed by atoms with E-state index < -0.39 is 18.1 Å². The summed E-state index contributed by atoms with van der Waals surface area (Å²) in [5.41, 5.74) is 1.43. The number of para-hydroxylation sites is 1. The lowest BCUT2D eigenvalue weighted by Crippen LogP contribution is -2.57. The largest absolute Gasteiger partial charge is 0.345 e. The van der Waals surface area contributed by atoms with Crippen LogP contribution in [0.1, 0.15) is 51.9 Å². The highest BCUT2D eigenvalue weighted by molar-refractivity contribution is 6.01. The second-order valence-corrected chi connectivity index (χ2v) is 9.56. The molecule has 0 unspecified atom stereocenters. The summed E-state index contributed by atoms with van der Waals surface area (Å²) in [6.07, 6.45) is 9.83. The molecule has 35 heavy (non-hydrogen) atoms. The number of amides is 3. The topological polar surface area (TPSA) is 119 Å². The van der Waals surface area contributed by atoms with Gasteiger partial charge >= 0.3 is 0 Å². The minimum absolute atomic E-state index is 0.0910. The van der Waals surface area contributed by atoms with Crippen LogP contribution >= 0.6 is 0 Å². The number of anilines is 1. The van der Waals surface area contributed by atoms with E-state index in [0.717, 1.165) is 44.1 Å². The number of benzene rings is 1. The van der Waals surface area contributed by atoms with Gasteiger partial charge in [-0.05, 0) is 57.7 Å². The maximum Gasteiger partial charge on any atom is 0.247 e. The van der Waals surface area contributed by atoms with E-state index in [9.17, 15) is 14.4 Å². The van der Waals surface area contributed by atoms with E-state index in [4.69, 9.17) is 0 Å². The van der Waals surface area contributed by atoms with Gasteiger partial charge in [0.2, 0.25) is 17.7 Å². The van der Waals surface area contributed by atoms with Gasteiger partial charge in [-0.2, -0.15) is 0 Å². The molecule has 2 aliphatic rings. The first kappa shape index (κ1) is 24.9. The van der Waals surface area contributed by atoms with E-state index in [2.05, 4.69) is 25.9 Å². The van der Waals surface area contributed by atoms with Crippen molar-refractivity contribution in [2.45, 2.75) is 70.0 Å². The van der Waals surface area contributed by atoms with Gasteiger partial charge in [-0.3, -0.25) is 14.4 Å². The highest BCUT2D eigenvalue weighted by Gasteiger charge is 2.41. The molecule has 188 valence electrons. The maximum absolute atomic E-state index is 13.8. The molecular weight excluding hydrogens is 444 g/mol. The Hall–Kier alpha value is -3.20. The van der Waals surface area contributed by atoms with Crippen molar-refractivity contribution in [3.8, 4) is 11.4 Å². The molecular formula is C26H36N6O3. The minimum atomic E-state index is -0.609. The molecule has 1 aromatic heterocycles. The van der Waals surface area contributed by atoms with Gasteiger partial charge in [0.25, 0.3) is 0 Å². The van der Waals surface area contributed by atoms with Gasteiger partial charge in [0.15, 0.2) is 0 Å². The molecule has 0 bridgehead atoms. The zero-order valence-electron chi connectivity index (χ0n) is 20.5. The van der Waals surface area contributed by atoms with Crippen LogP contribution in [0.25, 0.3) is 11.4 Å². The molecule has 4 N–H and O–H groups in total. The SMILES string of the molecule is CN[C@@H](C)C(=O)N[C@H](C(=O)N1CCC[C@H]1C(=O)Nc1ccccc1-c1ncc[nH]1)C1CCCCC1. The monoisotopic (exact) mass is 480 g/mol. The summed E-state index contributed by atoms with van der Waals surface area (Å²) in [5.74, 6) is 0.203. The summed E-state index contributed by atoms with van der Waals surface area (Å²) < 4.78 is 0. The first-order valence-electron chi connectivity index (χ1n) is 12.7. The van der Waals surface area contributed by atoms with Crippen molar-refractivity contribution in [2.75, 3.05) is 18.9 Å². The molecule has 1 aliphatic carbocycles. The fraction of sp³-hybridized carbons (Fsp3) is 0.538. The molecule has 2 fully saturated rings. The van der Waals surface area contributed by atoms with Gasteiger partial charge in [0.05, 0.1) is 11.7 Å². The third kappa shape index (κ3) is 5.73. The van der Waals surface area contributed by atoms with Crippen LogP contribution in [0.15, 0.2) is 36.7 Å². The molecule has 1 aromatic carbocycles. The van der Waals surface area contributed by atoms with Crippen LogP contribution in [-0.4, -0.2) is 64.3 Å². The van der Waals surface area contributed by atoms with Crippen LogP contribution in [0, 0.1) is 5.92 Å². The Labute approximate surface area is 206 Å². The average molecular weight is 481 g/mol. The number of nitrogens with zero attached hydrogens (tertiary/aromatic N) is 2. The van der Waals surface area contributed by atoms with Crippen molar-refractivity contribution < 1.29 is 14.4 Å². The van der Waals surface area contributed by atoms with Gasteiger partial charge in [0.1, 0.15) is 17.9 Å². The maximum atomic E-state index is 13.8. The number of hydrogen-bond donors (Lipinski definition) is 4. The Morgan fingerprint density at radius 2 is 1.86 bits per heavy atom. The Balaban J connectivity index is 1.51. The van der Waals surface area contributed by atoms with Crippen molar-refractivity contribution in [1.82, 2.24) is 25.5 Å². The number of hydrogen-bond acceptors (Lipinski definition) is 5. The smallest absolute Gasteiger partial charge is 0.247 e. The summed E-state index contributed by atoms with van der Waals surface area (Å²) in [4.78, 5) is 49.0. The molecule has 9 heteroatoms. The summed E-state index contributed by atoms with van der Waals surface area (Å²) >= 11 is 0. The normalized spacial score (nSPS) is 20.3. The van der Waals surface area contributed by atoms with E-state index in [1.54, 1.807) is 31.3 Å². The van der Waals surface area contributed by atoms with E-state index in [-0.39, 0.29) is 23.6 Å².